The number of amides is 1. The van der Waals surface area contributed by atoms with Crippen molar-refractivity contribution in [2.24, 2.45) is 0 Å². The summed E-state index contributed by atoms with van der Waals surface area (Å²) in [5.74, 6) is -0.334. The number of rotatable bonds is 4. The third-order valence-electron chi connectivity index (χ3n) is 4.68. The Morgan fingerprint density at radius 3 is 2.72 bits per heavy atom. The maximum absolute atomic E-state index is 13.3. The van der Waals surface area contributed by atoms with Crippen LogP contribution >= 0.6 is 12.2 Å². The monoisotopic (exact) mass is 361 g/mol. The molecular weight excluding hydrogens is 338 g/mol. The zero-order valence-electron chi connectivity index (χ0n) is 14.4. The van der Waals surface area contributed by atoms with E-state index in [0.717, 1.165) is 36.7 Å². The average molecular weight is 361 g/mol. The van der Waals surface area contributed by atoms with E-state index < -0.39 is 0 Å². The molecule has 0 aliphatic heterocycles. The van der Waals surface area contributed by atoms with Gasteiger partial charge in [-0.05, 0) is 37.2 Å². The lowest BCUT2D eigenvalue weighted by molar-refractivity contribution is -0.141. The first-order valence-electron chi connectivity index (χ1n) is 8.72. The van der Waals surface area contributed by atoms with Gasteiger partial charge in [-0.25, -0.2) is 9.36 Å². The van der Waals surface area contributed by atoms with Gasteiger partial charge in [0, 0.05) is 13.0 Å². The summed E-state index contributed by atoms with van der Waals surface area (Å²) in [6, 6.07) is 7.58. The molecule has 1 aliphatic carbocycles. The maximum Gasteiger partial charge on any atom is 0.331 e. The molecule has 134 valence electrons. The highest BCUT2D eigenvalue weighted by molar-refractivity contribution is 7.71. The van der Waals surface area contributed by atoms with Gasteiger partial charge in [-0.2, -0.15) is 0 Å². The van der Waals surface area contributed by atoms with Crippen molar-refractivity contribution in [3.63, 3.8) is 0 Å². The third-order valence-corrected chi connectivity index (χ3v) is 4.96. The van der Waals surface area contributed by atoms with Crippen LogP contribution in [0.5, 0.6) is 0 Å². The summed E-state index contributed by atoms with van der Waals surface area (Å²) in [5, 5.41) is 0. The molecule has 1 amide bonds. The van der Waals surface area contributed by atoms with Crippen LogP contribution in [0.2, 0.25) is 0 Å². The highest BCUT2D eigenvalue weighted by Crippen LogP contribution is 2.24. The van der Waals surface area contributed by atoms with Crippen molar-refractivity contribution in [1.29, 1.82) is 0 Å². The number of carbonyl (C=O) groups is 2. The minimum Gasteiger partial charge on any atom is -0.464 e. The van der Waals surface area contributed by atoms with Gasteiger partial charge in [0.05, 0.1) is 17.6 Å². The molecule has 1 saturated carbocycles. The summed E-state index contributed by atoms with van der Waals surface area (Å²) in [7, 11) is 0. The standard InChI is InChI=1S/C18H23N3O3S/c1-13(22)24-12-11-20(14-7-3-2-4-8-14)18(23)21-16-10-6-5-9-15(16)19-17(21)25/h5-6,9-10,14H,2-4,7-8,11-12H2,1H3,(H,19,25). The molecule has 25 heavy (non-hydrogen) atoms. The first kappa shape index (κ1) is 17.7. The Labute approximate surface area is 151 Å². The van der Waals surface area contributed by atoms with Gasteiger partial charge < -0.3 is 14.6 Å². The fourth-order valence-corrected chi connectivity index (χ4v) is 3.77. The second-order valence-corrected chi connectivity index (χ2v) is 6.78. The van der Waals surface area contributed by atoms with Crippen LogP contribution in [0.1, 0.15) is 39.0 Å². The smallest absolute Gasteiger partial charge is 0.331 e. The number of aromatic amines is 1. The quantitative estimate of drug-likeness (QED) is 0.663. The molecule has 7 heteroatoms. The number of nitrogens with zero attached hydrogens (tertiary/aromatic N) is 2. The number of aromatic nitrogens is 2. The van der Waals surface area contributed by atoms with Crippen LogP contribution in [-0.2, 0) is 9.53 Å². The fraction of sp³-hybridized carbons (Fsp3) is 0.500. The number of para-hydroxylation sites is 2. The molecule has 1 aromatic carbocycles. The van der Waals surface area contributed by atoms with Crippen molar-refractivity contribution >= 4 is 35.3 Å². The van der Waals surface area contributed by atoms with Gasteiger partial charge >= 0.3 is 12.0 Å². The van der Waals surface area contributed by atoms with E-state index in [9.17, 15) is 9.59 Å². The molecule has 6 nitrogen and oxygen atoms in total. The molecule has 1 heterocycles. The Balaban J connectivity index is 1.90. The minimum atomic E-state index is -0.334. The number of carbonyl (C=O) groups excluding carboxylic acids is 2. The lowest BCUT2D eigenvalue weighted by atomic mass is 9.94. The van der Waals surface area contributed by atoms with Crippen LogP contribution in [-0.4, -0.2) is 45.6 Å². The van der Waals surface area contributed by atoms with Crippen LogP contribution in [0.25, 0.3) is 11.0 Å². The van der Waals surface area contributed by atoms with Crippen LogP contribution in [0, 0.1) is 4.77 Å². The largest absolute Gasteiger partial charge is 0.464 e. The van der Waals surface area contributed by atoms with Gasteiger partial charge in [0.15, 0.2) is 4.77 Å². The van der Waals surface area contributed by atoms with Gasteiger partial charge in [-0.1, -0.05) is 31.4 Å². The van der Waals surface area contributed by atoms with Crippen LogP contribution in [0.3, 0.4) is 0 Å². The predicted octanol–water partition coefficient (Wildman–Crippen LogP) is 3.86. The second kappa shape index (κ2) is 7.82. The van der Waals surface area contributed by atoms with E-state index in [2.05, 4.69) is 4.98 Å². The Bertz CT molecular complexity index is 820. The molecule has 0 bridgehead atoms. The second-order valence-electron chi connectivity index (χ2n) is 6.39. The zero-order valence-corrected chi connectivity index (χ0v) is 15.2. The lowest BCUT2D eigenvalue weighted by Gasteiger charge is -2.34. The summed E-state index contributed by atoms with van der Waals surface area (Å²) < 4.78 is 7.01. The van der Waals surface area contributed by atoms with E-state index in [0.29, 0.717) is 11.3 Å². The number of fused-ring (bicyclic) bond motifs is 1. The van der Waals surface area contributed by atoms with E-state index in [1.807, 2.05) is 29.2 Å². The van der Waals surface area contributed by atoms with Gasteiger partial charge in [0.25, 0.3) is 0 Å². The van der Waals surface area contributed by atoms with Crippen molar-refractivity contribution in [1.82, 2.24) is 14.5 Å². The average Bonchev–Trinajstić information content (AvgIpc) is 2.94. The topological polar surface area (TPSA) is 67.3 Å². The van der Waals surface area contributed by atoms with E-state index in [1.165, 1.54) is 13.3 Å². The molecular formula is C18H23N3O3S. The number of benzene rings is 1. The molecule has 1 aliphatic rings. The molecule has 3 rings (SSSR count). The predicted molar refractivity (Wildman–Crippen MR) is 98.1 cm³/mol. The van der Waals surface area contributed by atoms with Crippen LogP contribution in [0.15, 0.2) is 24.3 Å². The number of H-pyrrole nitrogens is 1. The molecule has 0 spiro atoms. The Kier molecular flexibility index (Phi) is 5.53. The number of imidazole rings is 1. The number of hydrogen-bond donors (Lipinski definition) is 1. The number of hydrogen-bond acceptors (Lipinski definition) is 4. The Hall–Kier alpha value is -2.15. The van der Waals surface area contributed by atoms with Gasteiger partial charge in [-0.3, -0.25) is 4.79 Å². The molecule has 0 atom stereocenters. The third kappa shape index (κ3) is 3.92. The first-order valence-corrected chi connectivity index (χ1v) is 9.13. The van der Waals surface area contributed by atoms with Gasteiger partial charge in [0.1, 0.15) is 6.61 Å². The molecule has 2 aromatic rings. The van der Waals surface area contributed by atoms with E-state index in [4.69, 9.17) is 17.0 Å². The van der Waals surface area contributed by atoms with E-state index in [-0.39, 0.29) is 24.6 Å². The summed E-state index contributed by atoms with van der Waals surface area (Å²) in [6.07, 6.45) is 5.38. The molecule has 1 N–H and O–H groups in total. The highest BCUT2D eigenvalue weighted by atomic mass is 32.1. The number of ether oxygens (including phenoxy) is 1. The summed E-state index contributed by atoms with van der Waals surface area (Å²) in [5.41, 5.74) is 1.61. The number of nitrogens with one attached hydrogen (secondary N) is 1. The molecule has 0 saturated heterocycles. The Morgan fingerprint density at radius 2 is 2.00 bits per heavy atom. The van der Waals surface area contributed by atoms with Crippen molar-refractivity contribution < 1.29 is 14.3 Å². The highest BCUT2D eigenvalue weighted by Gasteiger charge is 2.27. The zero-order chi connectivity index (χ0) is 17.8. The van der Waals surface area contributed by atoms with Gasteiger partial charge in [-0.15, -0.1) is 0 Å². The summed E-state index contributed by atoms with van der Waals surface area (Å²) in [6.45, 7) is 1.96. The molecule has 0 radical (unpaired) electrons. The lowest BCUT2D eigenvalue weighted by Crippen LogP contribution is -2.45. The van der Waals surface area contributed by atoms with Crippen LogP contribution in [0.4, 0.5) is 4.79 Å². The molecule has 1 aromatic heterocycles. The van der Waals surface area contributed by atoms with Crippen molar-refractivity contribution in [2.75, 3.05) is 13.2 Å². The minimum absolute atomic E-state index is 0.151. The van der Waals surface area contributed by atoms with Crippen LogP contribution < -0.4 is 0 Å². The molecule has 0 unspecified atom stereocenters. The Morgan fingerprint density at radius 1 is 1.28 bits per heavy atom. The van der Waals surface area contributed by atoms with E-state index in [1.54, 1.807) is 4.57 Å². The number of esters is 1. The fourth-order valence-electron chi connectivity index (χ4n) is 3.49. The summed E-state index contributed by atoms with van der Waals surface area (Å²) >= 11 is 5.38. The molecule has 1 fully saturated rings. The van der Waals surface area contributed by atoms with Crippen molar-refractivity contribution in [3.05, 3.63) is 29.0 Å². The van der Waals surface area contributed by atoms with Crippen molar-refractivity contribution in [3.8, 4) is 0 Å². The van der Waals surface area contributed by atoms with E-state index >= 15 is 0 Å². The first-order chi connectivity index (χ1) is 12.1. The maximum atomic E-state index is 13.3. The summed E-state index contributed by atoms with van der Waals surface area (Å²) in [4.78, 5) is 29.3. The SMILES string of the molecule is CC(=O)OCCN(C(=O)n1c(=S)[nH]c2ccccc21)C1CCCCC1. The van der Waals surface area contributed by atoms with Crippen molar-refractivity contribution in [2.45, 2.75) is 45.1 Å². The normalized spacial score (nSPS) is 15.2. The van der Waals surface area contributed by atoms with Gasteiger partial charge in [0.2, 0.25) is 0 Å².